The van der Waals surface area contributed by atoms with Gasteiger partial charge >= 0.3 is 5.97 Å². The molecule has 6 nitrogen and oxygen atoms in total. The smallest absolute Gasteiger partial charge is 0.316 e. The molecule has 8 heteroatoms. The first-order valence-corrected chi connectivity index (χ1v) is 7.60. The molecular formula is C12H10N4O2S2. The van der Waals surface area contributed by atoms with Gasteiger partial charge in [0.2, 0.25) is 5.16 Å². The Morgan fingerprint density at radius 1 is 1.50 bits per heavy atom. The number of fused-ring (bicyclic) bond motifs is 1. The molecule has 3 heterocycles. The van der Waals surface area contributed by atoms with Crippen LogP contribution in [0, 0.1) is 0 Å². The van der Waals surface area contributed by atoms with Crippen molar-refractivity contribution in [2.75, 3.05) is 12.9 Å². The number of rotatable bonds is 4. The van der Waals surface area contributed by atoms with Gasteiger partial charge in [-0.05, 0) is 17.5 Å². The van der Waals surface area contributed by atoms with E-state index in [0.29, 0.717) is 10.9 Å². The quantitative estimate of drug-likeness (QED) is 0.543. The molecule has 0 saturated heterocycles. The molecule has 0 bridgehead atoms. The van der Waals surface area contributed by atoms with Gasteiger partial charge in [0, 0.05) is 6.20 Å². The Morgan fingerprint density at radius 3 is 3.15 bits per heavy atom. The van der Waals surface area contributed by atoms with Crippen molar-refractivity contribution in [1.82, 2.24) is 19.6 Å². The maximum absolute atomic E-state index is 11.1. The van der Waals surface area contributed by atoms with Gasteiger partial charge in [0.15, 0.2) is 0 Å². The average molecular weight is 306 g/mol. The number of nitrogens with zero attached hydrogens (tertiary/aromatic N) is 4. The van der Waals surface area contributed by atoms with Crippen LogP contribution in [0.2, 0.25) is 0 Å². The minimum absolute atomic E-state index is 0.182. The van der Waals surface area contributed by atoms with Crippen LogP contribution in [-0.2, 0) is 9.53 Å². The van der Waals surface area contributed by atoms with E-state index in [-0.39, 0.29) is 11.7 Å². The summed E-state index contributed by atoms with van der Waals surface area (Å²) >= 11 is 2.86. The van der Waals surface area contributed by atoms with Crippen molar-refractivity contribution in [3.63, 3.8) is 0 Å². The molecule has 0 atom stereocenters. The number of esters is 1. The molecule has 0 amide bonds. The topological polar surface area (TPSA) is 69.4 Å². The lowest BCUT2D eigenvalue weighted by Gasteiger charge is -1.99. The number of aromatic nitrogens is 4. The molecule has 0 aliphatic rings. The summed E-state index contributed by atoms with van der Waals surface area (Å²) in [5, 5.41) is 6.89. The Labute approximate surface area is 122 Å². The lowest BCUT2D eigenvalue weighted by Crippen LogP contribution is -2.03. The van der Waals surface area contributed by atoms with Gasteiger partial charge in [-0.1, -0.05) is 17.8 Å². The number of thioether (sulfide) groups is 1. The second kappa shape index (κ2) is 5.59. The number of carbonyl (C=O) groups is 1. The summed E-state index contributed by atoms with van der Waals surface area (Å²) in [6, 6.07) is 5.89. The van der Waals surface area contributed by atoms with Gasteiger partial charge in [-0.2, -0.15) is 9.50 Å². The van der Waals surface area contributed by atoms with Crippen molar-refractivity contribution in [2.24, 2.45) is 0 Å². The molecule has 0 aliphatic carbocycles. The molecule has 0 unspecified atom stereocenters. The van der Waals surface area contributed by atoms with Crippen molar-refractivity contribution in [3.8, 4) is 10.6 Å². The molecule has 0 spiro atoms. The zero-order valence-electron chi connectivity index (χ0n) is 10.5. The maximum atomic E-state index is 11.1. The normalized spacial score (nSPS) is 10.8. The third-order valence-electron chi connectivity index (χ3n) is 2.54. The lowest BCUT2D eigenvalue weighted by molar-refractivity contribution is -0.137. The summed E-state index contributed by atoms with van der Waals surface area (Å²) in [5.74, 6) is 0.394. The van der Waals surface area contributed by atoms with Crippen molar-refractivity contribution >= 4 is 34.8 Å². The van der Waals surface area contributed by atoms with E-state index in [1.54, 1.807) is 22.0 Å². The number of hydrogen-bond acceptors (Lipinski definition) is 7. The average Bonchev–Trinajstić information content (AvgIpc) is 3.12. The van der Waals surface area contributed by atoms with Crippen LogP contribution in [0.1, 0.15) is 0 Å². The van der Waals surface area contributed by atoms with Crippen LogP contribution in [-0.4, -0.2) is 38.4 Å². The minimum Gasteiger partial charge on any atom is -0.468 e. The molecule has 0 aliphatic heterocycles. The zero-order valence-corrected chi connectivity index (χ0v) is 12.1. The van der Waals surface area contributed by atoms with Gasteiger partial charge in [-0.3, -0.25) is 4.79 Å². The van der Waals surface area contributed by atoms with E-state index in [1.165, 1.54) is 18.9 Å². The van der Waals surface area contributed by atoms with Gasteiger partial charge in [0.1, 0.15) is 0 Å². The number of thiophene rings is 1. The van der Waals surface area contributed by atoms with Crippen LogP contribution in [0.25, 0.3) is 16.3 Å². The van der Waals surface area contributed by atoms with E-state index in [9.17, 15) is 4.79 Å². The number of carbonyl (C=O) groups excluding carboxylic acids is 1. The largest absolute Gasteiger partial charge is 0.468 e. The van der Waals surface area contributed by atoms with Crippen molar-refractivity contribution in [1.29, 1.82) is 0 Å². The summed E-state index contributed by atoms with van der Waals surface area (Å²) in [4.78, 5) is 20.7. The van der Waals surface area contributed by atoms with Crippen molar-refractivity contribution < 1.29 is 9.53 Å². The lowest BCUT2D eigenvalue weighted by atomic mass is 10.3. The van der Waals surface area contributed by atoms with Crippen LogP contribution in [0.3, 0.4) is 0 Å². The first kappa shape index (κ1) is 13.1. The van der Waals surface area contributed by atoms with Crippen LogP contribution in [0.4, 0.5) is 0 Å². The Balaban J connectivity index is 1.95. The van der Waals surface area contributed by atoms with Crippen LogP contribution >= 0.6 is 23.1 Å². The van der Waals surface area contributed by atoms with E-state index in [2.05, 4.69) is 19.8 Å². The zero-order chi connectivity index (χ0) is 13.9. The summed E-state index contributed by atoms with van der Waals surface area (Å²) in [6.45, 7) is 0. The van der Waals surface area contributed by atoms with Crippen LogP contribution in [0.15, 0.2) is 34.9 Å². The predicted octanol–water partition coefficient (Wildman–Crippen LogP) is 2.12. The van der Waals surface area contributed by atoms with E-state index in [4.69, 9.17) is 0 Å². The molecule has 20 heavy (non-hydrogen) atoms. The van der Waals surface area contributed by atoms with Crippen molar-refractivity contribution in [3.05, 3.63) is 29.8 Å². The molecule has 3 aromatic rings. The third-order valence-corrected chi connectivity index (χ3v) is 4.25. The molecular weight excluding hydrogens is 296 g/mol. The summed E-state index contributed by atoms with van der Waals surface area (Å²) in [7, 11) is 1.36. The highest BCUT2D eigenvalue weighted by atomic mass is 32.2. The third kappa shape index (κ3) is 2.52. The summed E-state index contributed by atoms with van der Waals surface area (Å²) < 4.78 is 6.28. The fourth-order valence-electron chi connectivity index (χ4n) is 1.63. The first-order chi connectivity index (χ1) is 9.78. The monoisotopic (exact) mass is 306 g/mol. The van der Waals surface area contributed by atoms with Gasteiger partial charge < -0.3 is 4.74 Å². The molecule has 0 saturated carbocycles. The molecule has 3 rings (SSSR count). The second-order valence-corrected chi connectivity index (χ2v) is 5.67. The number of methoxy groups -OCH3 is 1. The van der Waals surface area contributed by atoms with E-state index >= 15 is 0 Å². The van der Waals surface area contributed by atoms with Gasteiger partial charge in [-0.25, -0.2) is 4.98 Å². The SMILES string of the molecule is COC(=O)CSc1nc2nccc(-c3cccs3)n2n1. The highest BCUT2D eigenvalue weighted by Gasteiger charge is 2.12. The Bertz CT molecular complexity index is 739. The second-order valence-electron chi connectivity index (χ2n) is 3.78. The predicted molar refractivity (Wildman–Crippen MR) is 76.8 cm³/mol. The van der Waals surface area contributed by atoms with Crippen LogP contribution < -0.4 is 0 Å². The Hall–Kier alpha value is -1.93. The van der Waals surface area contributed by atoms with E-state index in [0.717, 1.165) is 10.6 Å². The van der Waals surface area contributed by atoms with Crippen molar-refractivity contribution in [2.45, 2.75) is 5.16 Å². The van der Waals surface area contributed by atoms with E-state index in [1.807, 2.05) is 23.6 Å². The molecule has 0 radical (unpaired) electrons. The highest BCUT2D eigenvalue weighted by Crippen LogP contribution is 2.25. The number of ether oxygens (including phenoxy) is 1. The fourth-order valence-corrected chi connectivity index (χ4v) is 3.02. The molecule has 0 aromatic carbocycles. The van der Waals surface area contributed by atoms with E-state index < -0.39 is 0 Å². The first-order valence-electron chi connectivity index (χ1n) is 5.73. The number of hydrogen-bond donors (Lipinski definition) is 0. The summed E-state index contributed by atoms with van der Waals surface area (Å²) in [6.07, 6.45) is 1.70. The summed E-state index contributed by atoms with van der Waals surface area (Å²) in [5.41, 5.74) is 0.933. The molecule has 102 valence electrons. The fraction of sp³-hybridized carbons (Fsp3) is 0.167. The molecule has 0 fully saturated rings. The Kier molecular flexibility index (Phi) is 3.66. The molecule has 0 N–H and O–H groups in total. The van der Waals surface area contributed by atoms with Gasteiger partial charge in [0.05, 0.1) is 23.4 Å². The maximum Gasteiger partial charge on any atom is 0.316 e. The standard InChI is InChI=1S/C12H10N4O2S2/c1-18-10(17)7-20-12-14-11-13-5-4-8(16(11)15-12)9-3-2-6-19-9/h2-6H,7H2,1H3. The van der Waals surface area contributed by atoms with Gasteiger partial charge in [0.25, 0.3) is 5.78 Å². The highest BCUT2D eigenvalue weighted by molar-refractivity contribution is 7.99. The Morgan fingerprint density at radius 2 is 2.40 bits per heavy atom. The molecule has 3 aromatic heterocycles. The minimum atomic E-state index is -0.305. The van der Waals surface area contributed by atoms with Gasteiger partial charge in [-0.15, -0.1) is 16.4 Å². The van der Waals surface area contributed by atoms with Crippen LogP contribution in [0.5, 0.6) is 0 Å².